The summed E-state index contributed by atoms with van der Waals surface area (Å²) >= 11 is 0. The molecule has 0 saturated heterocycles. The van der Waals surface area contributed by atoms with Crippen LogP contribution >= 0.6 is 0 Å². The number of nitrogens with zero attached hydrogens (tertiary/aromatic N) is 1. The Kier molecular flexibility index (Phi) is 6.89. The number of carboxylic acid groups (broad SMARTS) is 1. The maximum atomic E-state index is 13.1. The SMILES string of the molecule is CC(CCC1=CCCC=C1)NC(C)C(=O)N1CC2=C(CCC=C2)CC1C(=O)O. The average molecular weight is 385 g/mol. The number of hydrogen-bond acceptors (Lipinski definition) is 3. The molecule has 0 aromatic rings. The molecule has 0 aromatic carbocycles. The Hall–Kier alpha value is -2.14. The Morgan fingerprint density at radius 2 is 2.00 bits per heavy atom. The highest BCUT2D eigenvalue weighted by molar-refractivity contribution is 5.88. The lowest BCUT2D eigenvalue weighted by Crippen LogP contribution is -2.55. The Bertz CT molecular complexity index is 732. The maximum absolute atomic E-state index is 13.1. The van der Waals surface area contributed by atoms with Gasteiger partial charge in [-0.3, -0.25) is 4.79 Å². The van der Waals surface area contributed by atoms with Gasteiger partial charge >= 0.3 is 5.97 Å². The first kappa shape index (κ1) is 20.6. The molecule has 2 aliphatic carbocycles. The summed E-state index contributed by atoms with van der Waals surface area (Å²) in [7, 11) is 0. The number of carbonyl (C=O) groups is 2. The zero-order valence-electron chi connectivity index (χ0n) is 17.0. The van der Waals surface area contributed by atoms with Gasteiger partial charge in [-0.1, -0.05) is 41.5 Å². The van der Waals surface area contributed by atoms with Crippen LogP contribution in [0.1, 0.15) is 58.8 Å². The van der Waals surface area contributed by atoms with Crippen LogP contribution in [0.25, 0.3) is 0 Å². The fourth-order valence-corrected chi connectivity index (χ4v) is 4.32. The lowest BCUT2D eigenvalue weighted by molar-refractivity contribution is -0.151. The third-order valence-electron chi connectivity index (χ3n) is 5.95. The molecule has 1 amide bonds. The largest absolute Gasteiger partial charge is 0.480 e. The van der Waals surface area contributed by atoms with Crippen molar-refractivity contribution < 1.29 is 14.7 Å². The lowest BCUT2D eigenvalue weighted by atomic mass is 9.87. The predicted octanol–water partition coefficient (Wildman–Crippen LogP) is 3.74. The van der Waals surface area contributed by atoms with Crippen LogP contribution in [0.15, 0.2) is 47.1 Å². The highest BCUT2D eigenvalue weighted by Crippen LogP contribution is 2.31. The fraction of sp³-hybridized carbons (Fsp3) is 0.565. The van der Waals surface area contributed by atoms with Gasteiger partial charge in [0, 0.05) is 19.0 Å². The van der Waals surface area contributed by atoms with E-state index in [0.29, 0.717) is 13.0 Å². The molecule has 0 fully saturated rings. The van der Waals surface area contributed by atoms with Crippen molar-refractivity contribution in [1.29, 1.82) is 0 Å². The summed E-state index contributed by atoms with van der Waals surface area (Å²) in [6.07, 6.45) is 17.4. The first-order chi connectivity index (χ1) is 13.5. The second-order valence-corrected chi connectivity index (χ2v) is 8.18. The highest BCUT2D eigenvalue weighted by atomic mass is 16.4. The monoisotopic (exact) mass is 384 g/mol. The van der Waals surface area contributed by atoms with E-state index in [4.69, 9.17) is 0 Å². The number of amides is 1. The topological polar surface area (TPSA) is 69.6 Å². The van der Waals surface area contributed by atoms with Gasteiger partial charge in [-0.15, -0.1) is 0 Å². The third kappa shape index (κ3) is 5.02. The lowest BCUT2D eigenvalue weighted by Gasteiger charge is -2.38. The number of carbonyl (C=O) groups excluding carboxylic acids is 1. The molecule has 3 unspecified atom stereocenters. The molecule has 3 aliphatic rings. The maximum Gasteiger partial charge on any atom is 0.326 e. The van der Waals surface area contributed by atoms with E-state index < -0.39 is 18.1 Å². The van der Waals surface area contributed by atoms with Crippen molar-refractivity contribution in [2.24, 2.45) is 0 Å². The molecule has 3 atom stereocenters. The Balaban J connectivity index is 1.58. The van der Waals surface area contributed by atoms with Crippen LogP contribution in [-0.2, 0) is 9.59 Å². The molecule has 3 rings (SSSR count). The van der Waals surface area contributed by atoms with Gasteiger partial charge in [0.25, 0.3) is 0 Å². The Morgan fingerprint density at radius 3 is 2.71 bits per heavy atom. The fourth-order valence-electron chi connectivity index (χ4n) is 4.32. The van der Waals surface area contributed by atoms with Crippen LogP contribution < -0.4 is 5.32 Å². The molecule has 2 N–H and O–H groups in total. The second kappa shape index (κ2) is 9.37. The van der Waals surface area contributed by atoms with Crippen molar-refractivity contribution in [3.63, 3.8) is 0 Å². The molecular weight excluding hydrogens is 352 g/mol. The van der Waals surface area contributed by atoms with Crippen molar-refractivity contribution in [1.82, 2.24) is 10.2 Å². The first-order valence-electron chi connectivity index (χ1n) is 10.5. The van der Waals surface area contributed by atoms with E-state index in [9.17, 15) is 14.7 Å². The van der Waals surface area contributed by atoms with E-state index in [1.54, 1.807) is 4.90 Å². The molecular formula is C23H32N2O3. The number of allylic oxidation sites excluding steroid dienone is 5. The molecule has 0 bridgehead atoms. The molecule has 0 saturated carbocycles. The number of carboxylic acids is 1. The van der Waals surface area contributed by atoms with E-state index >= 15 is 0 Å². The summed E-state index contributed by atoms with van der Waals surface area (Å²) in [6.45, 7) is 4.34. The van der Waals surface area contributed by atoms with Crippen molar-refractivity contribution in [2.45, 2.75) is 76.9 Å². The van der Waals surface area contributed by atoms with Gasteiger partial charge in [-0.05, 0) is 57.9 Å². The van der Waals surface area contributed by atoms with Gasteiger partial charge in [0.15, 0.2) is 0 Å². The van der Waals surface area contributed by atoms with Gasteiger partial charge < -0.3 is 15.3 Å². The number of nitrogens with one attached hydrogen (secondary N) is 1. The van der Waals surface area contributed by atoms with E-state index in [1.165, 1.54) is 11.1 Å². The van der Waals surface area contributed by atoms with Gasteiger partial charge in [0.2, 0.25) is 5.91 Å². The Labute approximate surface area is 167 Å². The number of hydrogen-bond donors (Lipinski definition) is 2. The highest BCUT2D eigenvalue weighted by Gasteiger charge is 2.37. The van der Waals surface area contributed by atoms with Gasteiger partial charge in [-0.25, -0.2) is 4.79 Å². The first-order valence-corrected chi connectivity index (χ1v) is 10.5. The zero-order valence-corrected chi connectivity index (χ0v) is 17.0. The quantitative estimate of drug-likeness (QED) is 0.701. The summed E-state index contributed by atoms with van der Waals surface area (Å²) in [5.74, 6) is -1.03. The zero-order chi connectivity index (χ0) is 20.1. The van der Waals surface area contributed by atoms with Crippen molar-refractivity contribution in [3.8, 4) is 0 Å². The molecule has 28 heavy (non-hydrogen) atoms. The summed E-state index contributed by atoms with van der Waals surface area (Å²) in [6, 6.07) is -0.968. The van der Waals surface area contributed by atoms with E-state index in [0.717, 1.165) is 44.1 Å². The molecule has 1 heterocycles. The van der Waals surface area contributed by atoms with Gasteiger partial charge in [0.1, 0.15) is 6.04 Å². The second-order valence-electron chi connectivity index (χ2n) is 8.18. The summed E-state index contributed by atoms with van der Waals surface area (Å²) in [5, 5.41) is 13.1. The standard InChI is InChI=1S/C23H32N2O3/c1-16(12-13-18-8-4-3-5-9-18)24-17(2)22(26)25-15-20-11-7-6-10-19(20)14-21(25)23(27)28/h4,7-9,11,16-17,21,24H,3,5-6,10,12-15H2,1-2H3,(H,27,28). The Morgan fingerprint density at radius 1 is 1.21 bits per heavy atom. The molecule has 5 nitrogen and oxygen atoms in total. The molecule has 1 aliphatic heterocycles. The summed E-state index contributed by atoms with van der Waals surface area (Å²) in [4.78, 5) is 26.4. The average Bonchev–Trinajstić information content (AvgIpc) is 2.71. The van der Waals surface area contributed by atoms with Crippen molar-refractivity contribution in [3.05, 3.63) is 47.1 Å². The minimum absolute atomic E-state index is 0.124. The van der Waals surface area contributed by atoms with Crippen molar-refractivity contribution >= 4 is 11.9 Å². The van der Waals surface area contributed by atoms with Crippen LogP contribution in [0, 0.1) is 0 Å². The molecule has 152 valence electrons. The predicted molar refractivity (Wildman–Crippen MR) is 111 cm³/mol. The third-order valence-corrected chi connectivity index (χ3v) is 5.95. The molecule has 5 heteroatoms. The van der Waals surface area contributed by atoms with Crippen LogP contribution in [0.4, 0.5) is 0 Å². The number of rotatable bonds is 7. The van der Waals surface area contributed by atoms with Crippen LogP contribution in [0.5, 0.6) is 0 Å². The van der Waals surface area contributed by atoms with E-state index in [2.05, 4.69) is 42.6 Å². The normalized spacial score (nSPS) is 23.9. The van der Waals surface area contributed by atoms with Crippen molar-refractivity contribution in [2.75, 3.05) is 6.54 Å². The molecule has 0 radical (unpaired) electrons. The summed E-state index contributed by atoms with van der Waals surface area (Å²) < 4.78 is 0. The molecule has 0 spiro atoms. The van der Waals surface area contributed by atoms with E-state index in [-0.39, 0.29) is 11.9 Å². The van der Waals surface area contributed by atoms with Gasteiger partial charge in [-0.2, -0.15) is 0 Å². The smallest absolute Gasteiger partial charge is 0.326 e. The van der Waals surface area contributed by atoms with Gasteiger partial charge in [0.05, 0.1) is 6.04 Å². The van der Waals surface area contributed by atoms with Crippen LogP contribution in [0.2, 0.25) is 0 Å². The van der Waals surface area contributed by atoms with Crippen LogP contribution in [-0.4, -0.2) is 46.6 Å². The minimum Gasteiger partial charge on any atom is -0.480 e. The molecule has 0 aromatic heterocycles. The van der Waals surface area contributed by atoms with E-state index in [1.807, 2.05) is 6.92 Å². The summed E-state index contributed by atoms with van der Waals surface area (Å²) in [5.41, 5.74) is 3.68. The number of aliphatic carboxylic acids is 1. The van der Waals surface area contributed by atoms with Crippen LogP contribution in [0.3, 0.4) is 0 Å². The minimum atomic E-state index is -0.911.